The zero-order valence-electron chi connectivity index (χ0n) is 18.0. The minimum absolute atomic E-state index is 0.212. The number of hydrogen-bond donors (Lipinski definition) is 3. The van der Waals surface area contributed by atoms with Crippen molar-refractivity contribution in [1.82, 2.24) is 14.5 Å². The molecule has 2 aromatic carbocycles. The Morgan fingerprint density at radius 3 is 2.76 bits per heavy atom. The van der Waals surface area contributed by atoms with Gasteiger partial charge in [-0.15, -0.1) is 0 Å². The number of hydrogen-bond acceptors (Lipinski definition) is 6. The van der Waals surface area contributed by atoms with E-state index >= 15 is 0 Å². The zero-order valence-corrected chi connectivity index (χ0v) is 18.0. The van der Waals surface area contributed by atoms with Gasteiger partial charge in [-0.25, -0.2) is 14.2 Å². The summed E-state index contributed by atoms with van der Waals surface area (Å²) in [5, 5.41) is 11.7. The zero-order chi connectivity index (χ0) is 23.5. The lowest BCUT2D eigenvalue weighted by Gasteiger charge is -2.12. The van der Waals surface area contributed by atoms with E-state index in [4.69, 9.17) is 4.74 Å². The van der Waals surface area contributed by atoms with E-state index in [0.29, 0.717) is 5.69 Å². The topological polar surface area (TPSA) is 130 Å². The second-order valence-electron chi connectivity index (χ2n) is 7.55. The number of aromatic nitrogens is 3. The predicted molar refractivity (Wildman–Crippen MR) is 124 cm³/mol. The number of rotatable bonds is 6. The Labute approximate surface area is 188 Å². The van der Waals surface area contributed by atoms with Gasteiger partial charge in [-0.2, -0.15) is 0 Å². The van der Waals surface area contributed by atoms with E-state index < -0.39 is 29.1 Å². The van der Waals surface area contributed by atoms with Gasteiger partial charge in [0.05, 0.1) is 12.8 Å². The molecule has 2 heterocycles. The minimum atomic E-state index is -0.965. The van der Waals surface area contributed by atoms with Crippen LogP contribution in [0.1, 0.15) is 16.7 Å². The fourth-order valence-corrected chi connectivity index (χ4v) is 3.67. The molecular formula is C24H22N4O5. The minimum Gasteiger partial charge on any atom is -0.493 e. The maximum atomic E-state index is 12.4. The number of aliphatic imine (C=N–C) groups is 1. The van der Waals surface area contributed by atoms with Gasteiger partial charge in [0.2, 0.25) is 5.88 Å². The first-order valence-electron chi connectivity index (χ1n) is 10.2. The van der Waals surface area contributed by atoms with Crippen LogP contribution in [-0.4, -0.2) is 45.0 Å². The molecule has 0 fully saturated rings. The van der Waals surface area contributed by atoms with Crippen LogP contribution in [0.2, 0.25) is 0 Å². The molecule has 1 atom stereocenters. The first-order chi connectivity index (χ1) is 15.9. The van der Waals surface area contributed by atoms with Crippen molar-refractivity contribution in [3.63, 3.8) is 0 Å². The number of ether oxygens (including phenoxy) is 1. The number of H-pyrrole nitrogens is 2. The van der Waals surface area contributed by atoms with Gasteiger partial charge in [-0.05, 0) is 36.2 Å². The number of aromatic hydroxyl groups is 1. The van der Waals surface area contributed by atoms with E-state index in [9.17, 15) is 19.5 Å². The Bertz CT molecular complexity index is 1480. The predicted octanol–water partition coefficient (Wildman–Crippen LogP) is 2.22. The SMILES string of the molecule is COC(=O)[C@H](Cc1c[nH]c2ccccc12)N=Cc1c(O)n(-c2cccc(C)c2)c(=O)[nH]c1=O. The van der Waals surface area contributed by atoms with E-state index in [1.165, 1.54) is 7.11 Å². The highest BCUT2D eigenvalue weighted by Gasteiger charge is 2.21. The molecule has 9 heteroatoms. The second-order valence-corrected chi connectivity index (χ2v) is 7.55. The summed E-state index contributed by atoms with van der Waals surface area (Å²) in [5.74, 6) is -1.17. The molecule has 0 saturated heterocycles. The number of nitrogens with zero attached hydrogens (tertiary/aromatic N) is 2. The number of esters is 1. The van der Waals surface area contributed by atoms with E-state index in [1.807, 2.05) is 37.3 Å². The van der Waals surface area contributed by atoms with Crippen LogP contribution in [0.25, 0.3) is 16.6 Å². The van der Waals surface area contributed by atoms with Crippen molar-refractivity contribution in [1.29, 1.82) is 0 Å². The summed E-state index contributed by atoms with van der Waals surface area (Å²) < 4.78 is 5.86. The number of fused-ring (bicyclic) bond motifs is 1. The largest absolute Gasteiger partial charge is 0.493 e. The first kappa shape index (κ1) is 21.8. The summed E-state index contributed by atoms with van der Waals surface area (Å²) in [5.41, 5.74) is 1.16. The summed E-state index contributed by atoms with van der Waals surface area (Å²) in [6.07, 6.45) is 3.10. The van der Waals surface area contributed by atoms with Crippen LogP contribution in [0.4, 0.5) is 0 Å². The van der Waals surface area contributed by atoms with Gasteiger partial charge >= 0.3 is 11.7 Å². The van der Waals surface area contributed by atoms with Gasteiger partial charge in [0.1, 0.15) is 5.56 Å². The molecule has 0 spiro atoms. The average molecular weight is 446 g/mol. The lowest BCUT2D eigenvalue weighted by atomic mass is 10.1. The molecular weight excluding hydrogens is 424 g/mol. The number of aryl methyl sites for hydroxylation is 1. The number of carbonyl (C=O) groups is 1. The van der Waals surface area contributed by atoms with Crippen molar-refractivity contribution < 1.29 is 14.6 Å². The molecule has 0 aliphatic carbocycles. The molecule has 4 rings (SSSR count). The third-order valence-corrected chi connectivity index (χ3v) is 5.33. The molecule has 2 aromatic heterocycles. The monoisotopic (exact) mass is 446 g/mol. The maximum Gasteiger partial charge on any atom is 0.335 e. The number of para-hydroxylation sites is 1. The molecule has 9 nitrogen and oxygen atoms in total. The Hall–Kier alpha value is -4.40. The molecule has 0 aliphatic rings. The highest BCUT2D eigenvalue weighted by molar-refractivity contribution is 5.87. The number of benzene rings is 2. The van der Waals surface area contributed by atoms with Crippen molar-refractivity contribution in [3.05, 3.63) is 92.3 Å². The van der Waals surface area contributed by atoms with Crippen molar-refractivity contribution in [2.75, 3.05) is 7.11 Å². The molecule has 33 heavy (non-hydrogen) atoms. The third-order valence-electron chi connectivity index (χ3n) is 5.33. The van der Waals surface area contributed by atoms with Crippen LogP contribution in [-0.2, 0) is 16.0 Å². The highest BCUT2D eigenvalue weighted by atomic mass is 16.5. The molecule has 168 valence electrons. The van der Waals surface area contributed by atoms with Crippen molar-refractivity contribution in [2.45, 2.75) is 19.4 Å². The Morgan fingerprint density at radius 1 is 1.21 bits per heavy atom. The van der Waals surface area contributed by atoms with Crippen LogP contribution >= 0.6 is 0 Å². The van der Waals surface area contributed by atoms with Gasteiger partial charge in [0.15, 0.2) is 6.04 Å². The van der Waals surface area contributed by atoms with Crippen LogP contribution in [0, 0.1) is 6.92 Å². The van der Waals surface area contributed by atoms with Crippen LogP contribution in [0.3, 0.4) is 0 Å². The number of methoxy groups -OCH3 is 1. The molecule has 0 aliphatic heterocycles. The molecule has 0 amide bonds. The molecule has 0 radical (unpaired) electrons. The molecule has 0 unspecified atom stereocenters. The standard InChI is InChI=1S/C24H22N4O5/c1-14-6-5-7-16(10-14)28-22(30)18(21(29)27-24(28)32)13-26-20(23(31)33-2)11-15-12-25-19-9-4-3-8-17(15)19/h3-10,12-13,20,25,30H,11H2,1-2H3,(H,27,29,32)/t20-/m0/s1. The number of carbonyl (C=O) groups excluding carboxylic acids is 1. The molecule has 4 aromatic rings. The van der Waals surface area contributed by atoms with Gasteiger partial charge in [0.25, 0.3) is 5.56 Å². The van der Waals surface area contributed by atoms with Crippen molar-refractivity contribution in [3.8, 4) is 11.6 Å². The normalized spacial score (nSPS) is 12.3. The van der Waals surface area contributed by atoms with Gasteiger partial charge in [-0.3, -0.25) is 14.8 Å². The Kier molecular flexibility index (Phi) is 5.95. The first-order valence-corrected chi connectivity index (χ1v) is 10.2. The van der Waals surface area contributed by atoms with Gasteiger partial charge in [-0.1, -0.05) is 30.3 Å². The molecule has 0 saturated carbocycles. The third kappa shape index (κ3) is 4.33. The number of nitrogens with one attached hydrogen (secondary N) is 2. The van der Waals surface area contributed by atoms with Crippen LogP contribution < -0.4 is 11.2 Å². The maximum absolute atomic E-state index is 12.4. The fourth-order valence-electron chi connectivity index (χ4n) is 3.67. The van der Waals surface area contributed by atoms with E-state index in [-0.39, 0.29) is 12.0 Å². The lowest BCUT2D eigenvalue weighted by Crippen LogP contribution is -2.31. The summed E-state index contributed by atoms with van der Waals surface area (Å²) in [6.45, 7) is 1.84. The highest BCUT2D eigenvalue weighted by Crippen LogP contribution is 2.21. The van der Waals surface area contributed by atoms with Gasteiger partial charge < -0.3 is 14.8 Å². The molecule has 0 bridgehead atoms. The van der Waals surface area contributed by atoms with E-state index in [1.54, 1.807) is 24.4 Å². The van der Waals surface area contributed by atoms with Crippen LogP contribution in [0.15, 0.2) is 69.3 Å². The van der Waals surface area contributed by atoms with Gasteiger partial charge in [0, 0.05) is 29.7 Å². The van der Waals surface area contributed by atoms with E-state index in [2.05, 4.69) is 15.0 Å². The quantitative estimate of drug-likeness (QED) is 0.309. The van der Waals surface area contributed by atoms with Crippen LogP contribution in [0.5, 0.6) is 5.88 Å². The summed E-state index contributed by atoms with van der Waals surface area (Å²) in [7, 11) is 1.25. The summed E-state index contributed by atoms with van der Waals surface area (Å²) in [4.78, 5) is 46.8. The summed E-state index contributed by atoms with van der Waals surface area (Å²) >= 11 is 0. The Balaban J connectivity index is 1.73. The molecule has 3 N–H and O–H groups in total. The van der Waals surface area contributed by atoms with Crippen molar-refractivity contribution in [2.24, 2.45) is 4.99 Å². The van der Waals surface area contributed by atoms with Crippen molar-refractivity contribution >= 4 is 23.1 Å². The second kappa shape index (κ2) is 8.99. The number of aromatic amines is 2. The smallest absolute Gasteiger partial charge is 0.335 e. The average Bonchev–Trinajstić information content (AvgIpc) is 3.20. The summed E-state index contributed by atoms with van der Waals surface area (Å²) in [6, 6.07) is 13.5. The fraction of sp³-hybridized carbons (Fsp3) is 0.167. The lowest BCUT2D eigenvalue weighted by molar-refractivity contribution is -0.142. The van der Waals surface area contributed by atoms with E-state index in [0.717, 1.165) is 32.8 Å². The Morgan fingerprint density at radius 2 is 2.00 bits per heavy atom.